The number of carbonyl (C=O) groups excluding carboxylic acids is 1. The maximum Gasteiger partial charge on any atom is 0.339 e. The van der Waals surface area contributed by atoms with Crippen molar-refractivity contribution in [2.45, 2.75) is 85.7 Å². The first-order chi connectivity index (χ1) is 19.7. The molecule has 2 aliphatic rings. The molecule has 12 heteroatoms. The lowest BCUT2D eigenvalue weighted by molar-refractivity contribution is -0.179. The number of esters is 1. The van der Waals surface area contributed by atoms with Crippen LogP contribution in [0.5, 0.6) is 0 Å². The van der Waals surface area contributed by atoms with Gasteiger partial charge in [0.25, 0.3) is 0 Å². The minimum absolute atomic E-state index is 0.148. The molecule has 2 aromatic carbocycles. The van der Waals surface area contributed by atoms with Crippen LogP contribution in [0.25, 0.3) is 0 Å². The van der Waals surface area contributed by atoms with Gasteiger partial charge >= 0.3 is 5.97 Å². The van der Waals surface area contributed by atoms with E-state index in [9.17, 15) is 35.5 Å². The van der Waals surface area contributed by atoms with Gasteiger partial charge in [0.2, 0.25) is 6.29 Å². The molecule has 1 aliphatic heterocycles. The molecule has 1 fully saturated rings. The topological polar surface area (TPSA) is 124 Å². The fourth-order valence-electron chi connectivity index (χ4n) is 5.66. The van der Waals surface area contributed by atoms with Gasteiger partial charge < -0.3 is 14.6 Å². The fraction of sp³-hybridized carbons (Fsp3) is 0.500. The quantitative estimate of drug-likeness (QED) is 0.274. The molecule has 1 heterocycles. The smallest absolute Gasteiger partial charge is 0.339 e. The Balaban J connectivity index is 1.56. The SMILES string of the molecule is CC(C)[C@@H]1CC[C@@H](C)C[C@H]1O[C@H]1C=C([C@@H](O)CCC(S(=O)(=O)c2ccc(F)cc2)S(=O)(=O)c2ccc(F)cc2)C(=O)O1. The lowest BCUT2D eigenvalue weighted by atomic mass is 9.75. The van der Waals surface area contributed by atoms with Gasteiger partial charge in [-0.3, -0.25) is 0 Å². The van der Waals surface area contributed by atoms with E-state index in [1.807, 2.05) is 0 Å². The van der Waals surface area contributed by atoms with Gasteiger partial charge in [0, 0.05) is 0 Å². The van der Waals surface area contributed by atoms with Crippen LogP contribution in [0, 0.1) is 29.4 Å². The zero-order valence-electron chi connectivity index (χ0n) is 23.7. The largest absolute Gasteiger partial charge is 0.428 e. The molecule has 0 aromatic heterocycles. The number of sulfone groups is 2. The number of rotatable bonds is 11. The van der Waals surface area contributed by atoms with Crippen molar-refractivity contribution in [3.05, 3.63) is 71.8 Å². The summed E-state index contributed by atoms with van der Waals surface area (Å²) in [6.07, 6.45) is 0.429. The molecular weight excluding hydrogens is 590 g/mol. The van der Waals surface area contributed by atoms with Crippen LogP contribution in [-0.2, 0) is 33.9 Å². The van der Waals surface area contributed by atoms with Crippen LogP contribution in [0.4, 0.5) is 8.78 Å². The monoisotopic (exact) mass is 626 g/mol. The molecule has 42 heavy (non-hydrogen) atoms. The number of carbonyl (C=O) groups is 1. The summed E-state index contributed by atoms with van der Waals surface area (Å²) in [5.74, 6) is -1.19. The van der Waals surface area contributed by atoms with E-state index in [-0.39, 0.29) is 17.6 Å². The summed E-state index contributed by atoms with van der Waals surface area (Å²) in [6, 6.07) is 7.35. The summed E-state index contributed by atoms with van der Waals surface area (Å²) in [6.45, 7) is 6.35. The second kappa shape index (κ2) is 12.9. The summed E-state index contributed by atoms with van der Waals surface area (Å²) >= 11 is 0. The van der Waals surface area contributed by atoms with Gasteiger partial charge in [-0.2, -0.15) is 0 Å². The number of ether oxygens (including phenoxy) is 2. The molecule has 8 nitrogen and oxygen atoms in total. The molecule has 230 valence electrons. The first-order valence-electron chi connectivity index (χ1n) is 13.9. The van der Waals surface area contributed by atoms with Crippen LogP contribution >= 0.6 is 0 Å². The van der Waals surface area contributed by atoms with Gasteiger partial charge in [0.1, 0.15) is 11.6 Å². The standard InChI is InChI=1S/C30H36F2O8S2/c1-18(2)24-13-4-19(3)16-27(24)39-28-17-25(30(34)40-28)26(33)14-15-29(41(35,36)22-9-5-20(31)6-10-22)42(37,38)23-11-7-21(32)8-12-23/h5-12,17-19,24,26-29,33H,4,13-16H2,1-3H3/t19-,24+,26+,27-,28-/m1/s1. The van der Waals surface area contributed by atoms with Crippen molar-refractivity contribution in [2.75, 3.05) is 0 Å². The Labute approximate surface area is 245 Å². The van der Waals surface area contributed by atoms with E-state index in [4.69, 9.17) is 9.47 Å². The zero-order valence-corrected chi connectivity index (χ0v) is 25.3. The van der Waals surface area contributed by atoms with E-state index in [1.54, 1.807) is 0 Å². The normalized spacial score (nSPS) is 24.1. The van der Waals surface area contributed by atoms with E-state index in [0.717, 1.165) is 67.8 Å². The molecule has 0 saturated heterocycles. The fourth-order valence-corrected chi connectivity index (χ4v) is 10.2. The minimum Gasteiger partial charge on any atom is -0.428 e. The third-order valence-corrected chi connectivity index (χ3v) is 13.3. The molecule has 2 aromatic rings. The highest BCUT2D eigenvalue weighted by atomic mass is 32.3. The predicted molar refractivity (Wildman–Crippen MR) is 150 cm³/mol. The molecule has 0 amide bonds. The highest BCUT2D eigenvalue weighted by Crippen LogP contribution is 2.37. The van der Waals surface area contributed by atoms with Gasteiger partial charge in [-0.05, 0) is 98.0 Å². The van der Waals surface area contributed by atoms with E-state index in [2.05, 4.69) is 20.8 Å². The Morgan fingerprint density at radius 1 is 0.905 bits per heavy atom. The molecule has 1 N–H and O–H groups in total. The Morgan fingerprint density at radius 2 is 1.43 bits per heavy atom. The second-order valence-corrected chi connectivity index (χ2v) is 16.0. The van der Waals surface area contributed by atoms with E-state index in [1.165, 1.54) is 6.08 Å². The van der Waals surface area contributed by atoms with Crippen molar-refractivity contribution in [2.24, 2.45) is 17.8 Å². The Kier molecular flexibility index (Phi) is 9.91. The molecule has 1 saturated carbocycles. The lowest BCUT2D eigenvalue weighted by Crippen LogP contribution is -2.36. The number of hydrogen-bond donors (Lipinski definition) is 1. The van der Waals surface area contributed by atoms with Crippen LogP contribution < -0.4 is 0 Å². The summed E-state index contributed by atoms with van der Waals surface area (Å²) in [5, 5.41) is 10.9. The number of aliphatic hydroxyl groups excluding tert-OH is 1. The summed E-state index contributed by atoms with van der Waals surface area (Å²) in [4.78, 5) is 11.8. The lowest BCUT2D eigenvalue weighted by Gasteiger charge is -2.37. The maximum atomic E-state index is 13.5. The van der Waals surface area contributed by atoms with E-state index >= 15 is 0 Å². The van der Waals surface area contributed by atoms with Gasteiger partial charge in [0.05, 0.1) is 27.6 Å². The number of aliphatic hydroxyl groups is 1. The molecule has 5 atom stereocenters. The van der Waals surface area contributed by atoms with E-state index < -0.39 is 76.9 Å². The Bertz CT molecular complexity index is 1430. The first-order valence-corrected chi connectivity index (χ1v) is 17.0. The highest BCUT2D eigenvalue weighted by molar-refractivity contribution is 8.09. The Morgan fingerprint density at radius 3 is 1.93 bits per heavy atom. The number of benzene rings is 2. The van der Waals surface area contributed by atoms with Crippen molar-refractivity contribution in [3.8, 4) is 0 Å². The van der Waals surface area contributed by atoms with Gasteiger partial charge in [-0.15, -0.1) is 0 Å². The molecule has 0 spiro atoms. The molecule has 0 radical (unpaired) electrons. The molecule has 0 bridgehead atoms. The van der Waals surface area contributed by atoms with Gasteiger partial charge in [-0.1, -0.05) is 27.2 Å². The number of halogens is 2. The number of cyclic esters (lactones) is 1. The van der Waals surface area contributed by atoms with E-state index in [0.29, 0.717) is 11.8 Å². The van der Waals surface area contributed by atoms with Crippen molar-refractivity contribution < 1.29 is 45.0 Å². The highest BCUT2D eigenvalue weighted by Gasteiger charge is 2.42. The van der Waals surface area contributed by atoms with Gasteiger partial charge in [0.15, 0.2) is 24.3 Å². The van der Waals surface area contributed by atoms with Crippen molar-refractivity contribution in [1.29, 1.82) is 0 Å². The van der Waals surface area contributed by atoms with Crippen LogP contribution in [0.1, 0.15) is 52.9 Å². The molecule has 1 aliphatic carbocycles. The Hall–Kier alpha value is -2.67. The van der Waals surface area contributed by atoms with Crippen molar-refractivity contribution in [1.82, 2.24) is 0 Å². The van der Waals surface area contributed by atoms with Crippen molar-refractivity contribution in [3.63, 3.8) is 0 Å². The zero-order chi connectivity index (χ0) is 30.8. The first kappa shape index (κ1) is 32.2. The van der Waals surface area contributed by atoms with Crippen LogP contribution in [0.2, 0.25) is 0 Å². The third kappa shape index (κ3) is 7.10. The van der Waals surface area contributed by atoms with Crippen LogP contribution in [0.3, 0.4) is 0 Å². The third-order valence-electron chi connectivity index (χ3n) is 8.06. The predicted octanol–water partition coefficient (Wildman–Crippen LogP) is 4.97. The molecular formula is C30H36F2O8S2. The van der Waals surface area contributed by atoms with Crippen LogP contribution in [0.15, 0.2) is 70.0 Å². The molecule has 4 rings (SSSR count). The number of hydrogen-bond acceptors (Lipinski definition) is 8. The minimum atomic E-state index is -4.64. The second-order valence-electron chi connectivity index (χ2n) is 11.4. The summed E-state index contributed by atoms with van der Waals surface area (Å²) < 4.78 is 90.5. The van der Waals surface area contributed by atoms with Gasteiger partial charge in [-0.25, -0.2) is 30.4 Å². The molecule has 0 unspecified atom stereocenters. The maximum absolute atomic E-state index is 13.5. The average molecular weight is 627 g/mol. The summed E-state index contributed by atoms with van der Waals surface area (Å²) in [5.41, 5.74) is -0.151. The van der Waals surface area contributed by atoms with Crippen LogP contribution in [-0.4, -0.2) is 51.0 Å². The average Bonchev–Trinajstić information content (AvgIpc) is 3.28. The summed E-state index contributed by atoms with van der Waals surface area (Å²) in [7, 11) is -9.27. The van der Waals surface area contributed by atoms with Crippen molar-refractivity contribution >= 4 is 25.6 Å².